The number of methoxy groups -OCH3 is 1. The molecule has 1 N–H and O–H groups in total. The number of hydrogen-bond acceptors (Lipinski definition) is 4. The summed E-state index contributed by atoms with van der Waals surface area (Å²) in [5.41, 5.74) is 3.61. The van der Waals surface area contributed by atoms with Crippen molar-refractivity contribution in [3.8, 4) is 16.9 Å². The fraction of sp³-hybridized carbons (Fsp3) is 0.200. The van der Waals surface area contributed by atoms with Gasteiger partial charge in [0.05, 0.1) is 12.8 Å². The highest BCUT2D eigenvalue weighted by atomic mass is 19.1. The molecule has 1 unspecified atom stereocenters. The Balaban J connectivity index is 1.39. The van der Waals surface area contributed by atoms with Crippen LogP contribution in [0, 0.1) is 5.82 Å². The van der Waals surface area contributed by atoms with Gasteiger partial charge in [-0.1, -0.05) is 30.3 Å². The molecule has 3 aromatic carbocycles. The summed E-state index contributed by atoms with van der Waals surface area (Å²) in [4.78, 5) is 19.2. The molecule has 1 saturated heterocycles. The lowest BCUT2D eigenvalue weighted by atomic mass is 10.1. The van der Waals surface area contributed by atoms with Crippen molar-refractivity contribution in [2.75, 3.05) is 19.0 Å². The maximum absolute atomic E-state index is 13.9. The Morgan fingerprint density at radius 1 is 1.12 bits per heavy atom. The van der Waals surface area contributed by atoms with Crippen molar-refractivity contribution in [3.63, 3.8) is 0 Å². The molecular formula is C25H22FN3O3. The highest BCUT2D eigenvalue weighted by Crippen LogP contribution is 2.35. The lowest BCUT2D eigenvalue weighted by Crippen LogP contribution is -2.34. The molecule has 0 saturated carbocycles. The molecule has 0 radical (unpaired) electrons. The van der Waals surface area contributed by atoms with E-state index in [2.05, 4.69) is 10.3 Å². The molecule has 32 heavy (non-hydrogen) atoms. The number of para-hydroxylation sites is 1. The molecule has 7 heteroatoms. The minimum Gasteiger partial charge on any atom is -0.497 e. The zero-order valence-electron chi connectivity index (χ0n) is 17.5. The number of fused-ring (bicyclic) bond motifs is 1. The van der Waals surface area contributed by atoms with E-state index in [9.17, 15) is 9.18 Å². The third-order valence-corrected chi connectivity index (χ3v) is 5.74. The number of aromatic nitrogens is 1. The van der Waals surface area contributed by atoms with E-state index in [-0.39, 0.29) is 17.8 Å². The van der Waals surface area contributed by atoms with Crippen LogP contribution in [0.25, 0.3) is 22.2 Å². The van der Waals surface area contributed by atoms with Crippen LogP contribution in [0.15, 0.2) is 71.1 Å². The van der Waals surface area contributed by atoms with Gasteiger partial charge in [-0.2, -0.15) is 0 Å². The Labute approximate surface area is 184 Å². The van der Waals surface area contributed by atoms with Crippen LogP contribution in [0.3, 0.4) is 0 Å². The standard InChI is InChI=1S/C25H22FN3O3/c1-31-18-11-8-16(9-12-18)17-10-13-23-21(15-17)27-24(32-23)22-7-4-14-29(22)25(30)28-20-6-3-2-5-19(20)26/h2-3,5-6,8-13,15,22H,4,7,14H2,1H3,(H,28,30). The van der Waals surface area contributed by atoms with E-state index in [1.54, 1.807) is 30.2 Å². The van der Waals surface area contributed by atoms with Gasteiger partial charge in [0, 0.05) is 6.54 Å². The summed E-state index contributed by atoms with van der Waals surface area (Å²) < 4.78 is 25.2. The third kappa shape index (κ3) is 3.77. The fourth-order valence-electron chi connectivity index (χ4n) is 4.07. The molecule has 4 aromatic rings. The van der Waals surface area contributed by atoms with Crippen LogP contribution >= 0.6 is 0 Å². The Hall–Kier alpha value is -3.87. The topological polar surface area (TPSA) is 67.6 Å². The first kappa shape index (κ1) is 20.1. The second-order valence-electron chi connectivity index (χ2n) is 7.72. The number of oxazole rings is 1. The molecule has 162 valence electrons. The second-order valence-corrected chi connectivity index (χ2v) is 7.72. The number of anilines is 1. The summed E-state index contributed by atoms with van der Waals surface area (Å²) in [5, 5.41) is 2.66. The summed E-state index contributed by atoms with van der Waals surface area (Å²) in [5.74, 6) is 0.825. The summed E-state index contributed by atoms with van der Waals surface area (Å²) in [6, 6.07) is 19.1. The minimum atomic E-state index is -0.468. The first-order valence-corrected chi connectivity index (χ1v) is 10.5. The molecule has 1 atom stereocenters. The number of carbonyl (C=O) groups is 1. The first-order chi connectivity index (χ1) is 15.6. The first-order valence-electron chi connectivity index (χ1n) is 10.5. The Bertz CT molecular complexity index is 1270. The predicted octanol–water partition coefficient (Wildman–Crippen LogP) is 6.01. The number of nitrogens with one attached hydrogen (secondary N) is 1. The third-order valence-electron chi connectivity index (χ3n) is 5.74. The highest BCUT2D eigenvalue weighted by molar-refractivity contribution is 5.90. The van der Waals surface area contributed by atoms with Gasteiger partial charge in [-0.15, -0.1) is 0 Å². The molecule has 0 aliphatic carbocycles. The van der Waals surface area contributed by atoms with Crippen molar-refractivity contribution < 1.29 is 18.3 Å². The minimum absolute atomic E-state index is 0.157. The molecular weight excluding hydrogens is 409 g/mol. The maximum atomic E-state index is 13.9. The lowest BCUT2D eigenvalue weighted by Gasteiger charge is -2.22. The van der Waals surface area contributed by atoms with Gasteiger partial charge in [0.1, 0.15) is 23.1 Å². The van der Waals surface area contributed by atoms with Gasteiger partial charge in [0.25, 0.3) is 0 Å². The SMILES string of the molecule is COc1ccc(-c2ccc3oc(C4CCCN4C(=O)Nc4ccccc4F)nc3c2)cc1. The molecule has 0 bridgehead atoms. The van der Waals surface area contributed by atoms with E-state index in [1.807, 2.05) is 42.5 Å². The van der Waals surface area contributed by atoms with Crippen molar-refractivity contribution in [2.24, 2.45) is 0 Å². The number of rotatable bonds is 4. The van der Waals surface area contributed by atoms with Crippen LogP contribution < -0.4 is 10.1 Å². The fourth-order valence-corrected chi connectivity index (χ4v) is 4.07. The summed E-state index contributed by atoms with van der Waals surface area (Å²) >= 11 is 0. The number of carbonyl (C=O) groups excluding carboxylic acids is 1. The van der Waals surface area contributed by atoms with Crippen LogP contribution in [0.1, 0.15) is 24.8 Å². The number of halogens is 1. The van der Waals surface area contributed by atoms with Crippen molar-refractivity contribution in [1.29, 1.82) is 0 Å². The van der Waals surface area contributed by atoms with E-state index in [4.69, 9.17) is 9.15 Å². The average molecular weight is 431 g/mol. The van der Waals surface area contributed by atoms with Crippen LogP contribution in [0.2, 0.25) is 0 Å². The van der Waals surface area contributed by atoms with Crippen LogP contribution in [-0.4, -0.2) is 29.6 Å². The van der Waals surface area contributed by atoms with Crippen LogP contribution in [0.4, 0.5) is 14.9 Å². The number of ether oxygens (including phenoxy) is 1. The van der Waals surface area contributed by atoms with Crippen molar-refractivity contribution in [3.05, 3.63) is 78.4 Å². The quantitative estimate of drug-likeness (QED) is 0.430. The van der Waals surface area contributed by atoms with Gasteiger partial charge in [0.2, 0.25) is 5.89 Å². The largest absolute Gasteiger partial charge is 0.497 e. The summed E-state index contributed by atoms with van der Waals surface area (Å²) in [6.07, 6.45) is 1.56. The molecule has 6 nitrogen and oxygen atoms in total. The zero-order chi connectivity index (χ0) is 22.1. The Morgan fingerprint density at radius 2 is 1.91 bits per heavy atom. The van der Waals surface area contributed by atoms with Crippen molar-refractivity contribution in [1.82, 2.24) is 9.88 Å². The maximum Gasteiger partial charge on any atom is 0.322 e. The number of nitrogens with zero attached hydrogens (tertiary/aromatic N) is 2. The normalized spacial score (nSPS) is 15.8. The zero-order valence-corrected chi connectivity index (χ0v) is 17.5. The average Bonchev–Trinajstić information content (AvgIpc) is 3.47. The van der Waals surface area contributed by atoms with E-state index in [1.165, 1.54) is 6.07 Å². The number of amides is 2. The molecule has 2 heterocycles. The molecule has 1 fully saturated rings. The Kier molecular flexibility index (Phi) is 5.23. The molecule has 1 aromatic heterocycles. The van der Waals surface area contributed by atoms with E-state index >= 15 is 0 Å². The van der Waals surface area contributed by atoms with E-state index in [0.717, 1.165) is 35.2 Å². The molecule has 2 amide bonds. The molecule has 1 aliphatic heterocycles. The summed E-state index contributed by atoms with van der Waals surface area (Å²) in [7, 11) is 1.64. The van der Waals surface area contributed by atoms with E-state index in [0.29, 0.717) is 18.0 Å². The van der Waals surface area contributed by atoms with E-state index < -0.39 is 5.82 Å². The number of hydrogen-bond donors (Lipinski definition) is 1. The Morgan fingerprint density at radius 3 is 2.69 bits per heavy atom. The second kappa shape index (κ2) is 8.34. The molecule has 5 rings (SSSR count). The summed E-state index contributed by atoms with van der Waals surface area (Å²) in [6.45, 7) is 0.556. The number of urea groups is 1. The number of likely N-dealkylation sites (tertiary alicyclic amines) is 1. The van der Waals surface area contributed by atoms with Crippen molar-refractivity contribution >= 4 is 22.8 Å². The predicted molar refractivity (Wildman–Crippen MR) is 120 cm³/mol. The van der Waals surface area contributed by atoms with Crippen LogP contribution in [-0.2, 0) is 0 Å². The molecule has 1 aliphatic rings. The molecule has 0 spiro atoms. The van der Waals surface area contributed by atoms with Gasteiger partial charge in [-0.3, -0.25) is 0 Å². The van der Waals surface area contributed by atoms with Crippen LogP contribution in [0.5, 0.6) is 5.75 Å². The van der Waals surface area contributed by atoms with Gasteiger partial charge in [-0.25, -0.2) is 14.2 Å². The highest BCUT2D eigenvalue weighted by Gasteiger charge is 2.34. The number of benzene rings is 3. The van der Waals surface area contributed by atoms with Gasteiger partial charge in [0.15, 0.2) is 5.58 Å². The van der Waals surface area contributed by atoms with Crippen molar-refractivity contribution in [2.45, 2.75) is 18.9 Å². The van der Waals surface area contributed by atoms with Gasteiger partial charge < -0.3 is 19.4 Å². The smallest absolute Gasteiger partial charge is 0.322 e. The van der Waals surface area contributed by atoms with Gasteiger partial charge >= 0.3 is 6.03 Å². The van der Waals surface area contributed by atoms with Gasteiger partial charge in [-0.05, 0) is 60.4 Å². The lowest BCUT2D eigenvalue weighted by molar-refractivity contribution is 0.198. The monoisotopic (exact) mass is 431 g/mol.